The van der Waals surface area contributed by atoms with Gasteiger partial charge in [0.2, 0.25) is 0 Å². The molecule has 0 spiro atoms. The van der Waals surface area contributed by atoms with Crippen LogP contribution in [0.4, 0.5) is 0 Å². The van der Waals surface area contributed by atoms with Crippen LogP contribution in [0.5, 0.6) is 0 Å². The lowest BCUT2D eigenvalue weighted by atomic mass is 10.2. The van der Waals surface area contributed by atoms with Crippen LogP contribution in [-0.4, -0.2) is 36.1 Å². The van der Waals surface area contributed by atoms with Crippen LogP contribution in [0, 0.1) is 0 Å². The lowest BCUT2D eigenvalue weighted by molar-refractivity contribution is 0.269. The van der Waals surface area contributed by atoms with Crippen molar-refractivity contribution in [2.24, 2.45) is 0 Å². The first-order chi connectivity index (χ1) is 7.70. The smallest absolute Gasteiger partial charge is 0.0271 e. The Hall–Kier alpha value is -0.930. The molecule has 16 heavy (non-hydrogen) atoms. The van der Waals surface area contributed by atoms with Crippen LogP contribution in [0.2, 0.25) is 0 Å². The molecule has 0 unspecified atom stereocenters. The summed E-state index contributed by atoms with van der Waals surface area (Å²) in [5.41, 5.74) is 1.30. The van der Waals surface area contributed by atoms with Crippen LogP contribution in [0.15, 0.2) is 24.5 Å². The fraction of sp³-hybridized carbons (Fsp3) is 0.615. The predicted octanol–water partition coefficient (Wildman–Crippen LogP) is 1.90. The van der Waals surface area contributed by atoms with E-state index >= 15 is 0 Å². The van der Waals surface area contributed by atoms with Gasteiger partial charge < -0.3 is 10.2 Å². The van der Waals surface area contributed by atoms with Gasteiger partial charge in [-0.1, -0.05) is 0 Å². The number of nitrogens with zero attached hydrogens (tertiary/aromatic N) is 2. The van der Waals surface area contributed by atoms with Crippen molar-refractivity contribution >= 4 is 0 Å². The molecule has 3 nitrogen and oxygen atoms in total. The molecular weight excluding hydrogens is 198 g/mol. The second-order valence-electron chi connectivity index (χ2n) is 4.46. The Morgan fingerprint density at radius 2 is 2.00 bits per heavy atom. The second-order valence-corrected chi connectivity index (χ2v) is 4.46. The van der Waals surface area contributed by atoms with Gasteiger partial charge in [0, 0.05) is 25.0 Å². The summed E-state index contributed by atoms with van der Waals surface area (Å²) in [6.45, 7) is 7.61. The highest BCUT2D eigenvalue weighted by Gasteiger charge is 2.01. The minimum absolute atomic E-state index is 0.639. The van der Waals surface area contributed by atoms with Gasteiger partial charge in [-0.25, -0.2) is 0 Å². The van der Waals surface area contributed by atoms with E-state index in [-0.39, 0.29) is 0 Å². The fourth-order valence-corrected chi connectivity index (χ4v) is 1.45. The number of pyridine rings is 1. The Balaban J connectivity index is 2.04. The Kier molecular flexibility index (Phi) is 6.04. The topological polar surface area (TPSA) is 28.2 Å². The SMILES string of the molecule is CC(C)N(C)CCCNCc1ccncc1. The maximum absolute atomic E-state index is 4.00. The second kappa shape index (κ2) is 7.36. The van der Waals surface area contributed by atoms with Gasteiger partial charge in [0.05, 0.1) is 0 Å². The summed E-state index contributed by atoms with van der Waals surface area (Å²) in [5.74, 6) is 0. The zero-order valence-electron chi connectivity index (χ0n) is 10.6. The van der Waals surface area contributed by atoms with Gasteiger partial charge in [0.15, 0.2) is 0 Å². The molecule has 1 aromatic heterocycles. The first kappa shape index (κ1) is 13.1. The molecule has 0 aliphatic carbocycles. The summed E-state index contributed by atoms with van der Waals surface area (Å²) in [6.07, 6.45) is 4.87. The molecule has 1 rings (SSSR count). The molecule has 1 N–H and O–H groups in total. The predicted molar refractivity (Wildman–Crippen MR) is 68.3 cm³/mol. The van der Waals surface area contributed by atoms with Crippen LogP contribution in [0.1, 0.15) is 25.8 Å². The largest absolute Gasteiger partial charge is 0.313 e. The summed E-state index contributed by atoms with van der Waals surface area (Å²) in [7, 11) is 2.17. The van der Waals surface area contributed by atoms with Crippen LogP contribution in [-0.2, 0) is 6.54 Å². The highest BCUT2D eigenvalue weighted by atomic mass is 15.1. The van der Waals surface area contributed by atoms with E-state index in [0.29, 0.717) is 6.04 Å². The van der Waals surface area contributed by atoms with E-state index in [2.05, 4.69) is 36.1 Å². The third-order valence-corrected chi connectivity index (χ3v) is 2.82. The van der Waals surface area contributed by atoms with E-state index in [4.69, 9.17) is 0 Å². The van der Waals surface area contributed by atoms with Gasteiger partial charge in [-0.05, 0) is 58.1 Å². The van der Waals surface area contributed by atoms with Crippen molar-refractivity contribution in [3.8, 4) is 0 Å². The van der Waals surface area contributed by atoms with Crippen LogP contribution in [0.25, 0.3) is 0 Å². The number of hydrogen-bond acceptors (Lipinski definition) is 3. The van der Waals surface area contributed by atoms with E-state index < -0.39 is 0 Å². The summed E-state index contributed by atoms with van der Waals surface area (Å²) in [4.78, 5) is 6.37. The molecule has 1 aromatic rings. The van der Waals surface area contributed by atoms with Gasteiger partial charge in [0.1, 0.15) is 0 Å². The highest BCUT2D eigenvalue weighted by molar-refractivity contribution is 5.08. The lowest BCUT2D eigenvalue weighted by Gasteiger charge is -2.20. The Morgan fingerprint density at radius 3 is 2.62 bits per heavy atom. The van der Waals surface area contributed by atoms with E-state index in [1.54, 1.807) is 0 Å². The molecule has 1 heterocycles. The minimum Gasteiger partial charge on any atom is -0.313 e. The standard InChI is InChI=1S/C13H23N3/c1-12(2)16(3)10-4-7-15-11-13-5-8-14-9-6-13/h5-6,8-9,12,15H,4,7,10-11H2,1-3H3. The molecule has 0 amide bonds. The Labute approximate surface area is 98.9 Å². The summed E-state index contributed by atoms with van der Waals surface area (Å²) < 4.78 is 0. The molecule has 90 valence electrons. The van der Waals surface area contributed by atoms with Gasteiger partial charge >= 0.3 is 0 Å². The monoisotopic (exact) mass is 221 g/mol. The Morgan fingerprint density at radius 1 is 1.31 bits per heavy atom. The number of aromatic nitrogens is 1. The van der Waals surface area contributed by atoms with Crippen molar-refractivity contribution < 1.29 is 0 Å². The highest BCUT2D eigenvalue weighted by Crippen LogP contribution is 1.96. The molecule has 0 bridgehead atoms. The Bertz CT molecular complexity index is 272. The molecule has 0 saturated carbocycles. The summed E-state index contributed by atoms with van der Waals surface area (Å²) >= 11 is 0. The number of nitrogens with one attached hydrogen (secondary N) is 1. The molecule has 0 atom stereocenters. The maximum Gasteiger partial charge on any atom is 0.0271 e. The van der Waals surface area contributed by atoms with Crippen molar-refractivity contribution in [1.29, 1.82) is 0 Å². The summed E-state index contributed by atoms with van der Waals surface area (Å²) in [6, 6.07) is 4.74. The maximum atomic E-state index is 4.00. The van der Waals surface area contributed by atoms with Gasteiger partial charge in [-0.2, -0.15) is 0 Å². The molecule has 0 saturated heterocycles. The molecule has 0 fully saturated rings. The number of rotatable bonds is 7. The number of hydrogen-bond donors (Lipinski definition) is 1. The average molecular weight is 221 g/mol. The zero-order chi connectivity index (χ0) is 11.8. The van der Waals surface area contributed by atoms with E-state index in [9.17, 15) is 0 Å². The first-order valence-electron chi connectivity index (χ1n) is 6.00. The lowest BCUT2D eigenvalue weighted by Crippen LogP contribution is -2.29. The third-order valence-electron chi connectivity index (χ3n) is 2.82. The fourth-order valence-electron chi connectivity index (χ4n) is 1.45. The quantitative estimate of drug-likeness (QED) is 0.713. The van der Waals surface area contributed by atoms with Crippen molar-refractivity contribution in [3.05, 3.63) is 30.1 Å². The van der Waals surface area contributed by atoms with Crippen LogP contribution in [0.3, 0.4) is 0 Å². The van der Waals surface area contributed by atoms with E-state index in [0.717, 1.165) is 19.6 Å². The van der Waals surface area contributed by atoms with Crippen molar-refractivity contribution in [1.82, 2.24) is 15.2 Å². The average Bonchev–Trinajstić information content (AvgIpc) is 2.29. The molecule has 0 radical (unpaired) electrons. The summed E-state index contributed by atoms with van der Waals surface area (Å²) in [5, 5.41) is 3.44. The third kappa shape index (κ3) is 5.24. The normalized spacial score (nSPS) is 11.3. The van der Waals surface area contributed by atoms with E-state index in [1.807, 2.05) is 24.5 Å². The minimum atomic E-state index is 0.639. The van der Waals surface area contributed by atoms with Crippen molar-refractivity contribution in [2.75, 3.05) is 20.1 Å². The zero-order valence-corrected chi connectivity index (χ0v) is 10.6. The van der Waals surface area contributed by atoms with Crippen molar-refractivity contribution in [2.45, 2.75) is 32.9 Å². The molecule has 0 aliphatic rings. The van der Waals surface area contributed by atoms with Gasteiger partial charge in [-0.3, -0.25) is 4.98 Å². The molecular formula is C13H23N3. The van der Waals surface area contributed by atoms with Gasteiger partial charge in [-0.15, -0.1) is 0 Å². The molecule has 3 heteroatoms. The van der Waals surface area contributed by atoms with Crippen molar-refractivity contribution in [3.63, 3.8) is 0 Å². The van der Waals surface area contributed by atoms with E-state index in [1.165, 1.54) is 12.0 Å². The van der Waals surface area contributed by atoms with Crippen LogP contribution < -0.4 is 5.32 Å². The molecule has 0 aromatic carbocycles. The van der Waals surface area contributed by atoms with Gasteiger partial charge in [0.25, 0.3) is 0 Å². The first-order valence-corrected chi connectivity index (χ1v) is 6.00. The molecule has 0 aliphatic heterocycles. The van der Waals surface area contributed by atoms with Crippen LogP contribution >= 0.6 is 0 Å².